The van der Waals surface area contributed by atoms with Gasteiger partial charge in [0, 0.05) is 0 Å². The predicted octanol–water partition coefficient (Wildman–Crippen LogP) is 3.86. The molecule has 82 valence electrons. The first-order valence-electron chi connectivity index (χ1n) is 5.03. The molecule has 1 N–H and O–H groups in total. The Hall–Kier alpha value is -2.09. The van der Waals surface area contributed by atoms with E-state index in [4.69, 9.17) is 5.21 Å². The van der Waals surface area contributed by atoms with Gasteiger partial charge in [0.05, 0.1) is 5.71 Å². The van der Waals surface area contributed by atoms with Crippen LogP contribution in [-0.4, -0.2) is 10.9 Å². The second kappa shape index (κ2) is 6.40. The van der Waals surface area contributed by atoms with E-state index in [0.29, 0.717) is 5.71 Å². The zero-order chi connectivity index (χ0) is 11.8. The number of allylic oxidation sites excluding steroid dienone is 1. The third-order valence-electron chi connectivity index (χ3n) is 2.11. The molecule has 2 aromatic rings. The van der Waals surface area contributed by atoms with E-state index >= 15 is 0 Å². The standard InChI is InChI=1S/C10H8.C4H7NO/c1-2-6-10-8-4-3-7-9(10)5-1;1-3-4(2)5-6/h1-8H;3,6H,1H2,2H3. The number of fused-ring (bicyclic) bond motifs is 1. The Morgan fingerprint density at radius 1 is 1.06 bits per heavy atom. The number of oxime groups is 1. The Morgan fingerprint density at radius 3 is 1.62 bits per heavy atom. The molecule has 2 rings (SSSR count). The number of rotatable bonds is 1. The highest BCUT2D eigenvalue weighted by molar-refractivity contribution is 5.91. The van der Waals surface area contributed by atoms with Gasteiger partial charge in [0.2, 0.25) is 0 Å². The lowest BCUT2D eigenvalue weighted by molar-refractivity contribution is 0.319. The Kier molecular flexibility index (Phi) is 4.80. The SMILES string of the molecule is C=CC(C)=NO.c1ccc2ccccc2c1. The average molecular weight is 213 g/mol. The molecule has 2 nitrogen and oxygen atoms in total. The van der Waals surface area contributed by atoms with Crippen molar-refractivity contribution in [1.82, 2.24) is 0 Å². The molecule has 0 aliphatic rings. The van der Waals surface area contributed by atoms with Crippen molar-refractivity contribution >= 4 is 16.5 Å². The van der Waals surface area contributed by atoms with Gasteiger partial charge in [-0.1, -0.05) is 60.3 Å². The number of hydrogen-bond donors (Lipinski definition) is 1. The first-order chi connectivity index (χ1) is 7.77. The van der Waals surface area contributed by atoms with Crippen molar-refractivity contribution in [2.45, 2.75) is 6.92 Å². The molecule has 2 heteroatoms. The Balaban J connectivity index is 0.000000187. The third-order valence-corrected chi connectivity index (χ3v) is 2.11. The fraction of sp³-hybridized carbons (Fsp3) is 0.0714. The molecule has 16 heavy (non-hydrogen) atoms. The molecule has 0 radical (unpaired) electrons. The van der Waals surface area contributed by atoms with Crippen LogP contribution in [0.3, 0.4) is 0 Å². The van der Waals surface area contributed by atoms with E-state index in [1.807, 2.05) is 0 Å². The maximum atomic E-state index is 7.85. The molecule has 0 amide bonds. The molecule has 0 atom stereocenters. The molecule has 2 aromatic carbocycles. The van der Waals surface area contributed by atoms with Gasteiger partial charge in [-0.25, -0.2) is 0 Å². The van der Waals surface area contributed by atoms with Crippen LogP contribution in [0.1, 0.15) is 6.92 Å². The van der Waals surface area contributed by atoms with Crippen molar-refractivity contribution in [3.8, 4) is 0 Å². The van der Waals surface area contributed by atoms with Crippen LogP contribution in [0.15, 0.2) is 66.3 Å². The lowest BCUT2D eigenvalue weighted by atomic mass is 10.1. The van der Waals surface area contributed by atoms with E-state index in [-0.39, 0.29) is 0 Å². The monoisotopic (exact) mass is 213 g/mol. The van der Waals surface area contributed by atoms with E-state index < -0.39 is 0 Å². The summed E-state index contributed by atoms with van der Waals surface area (Å²) in [6.07, 6.45) is 1.47. The Morgan fingerprint density at radius 2 is 1.44 bits per heavy atom. The summed E-state index contributed by atoms with van der Waals surface area (Å²) in [7, 11) is 0. The van der Waals surface area contributed by atoms with Crippen LogP contribution < -0.4 is 0 Å². The highest BCUT2D eigenvalue weighted by atomic mass is 16.4. The molecule has 0 bridgehead atoms. The van der Waals surface area contributed by atoms with Gasteiger partial charge in [-0.3, -0.25) is 0 Å². The lowest BCUT2D eigenvalue weighted by Gasteiger charge is -1.92. The summed E-state index contributed by atoms with van der Waals surface area (Å²) in [5, 5.41) is 13.3. The highest BCUT2D eigenvalue weighted by Gasteiger charge is 1.85. The van der Waals surface area contributed by atoms with Crippen LogP contribution >= 0.6 is 0 Å². The van der Waals surface area contributed by atoms with Gasteiger partial charge in [0.1, 0.15) is 0 Å². The summed E-state index contributed by atoms with van der Waals surface area (Å²) in [5.41, 5.74) is 0.537. The van der Waals surface area contributed by atoms with E-state index in [9.17, 15) is 0 Å². The van der Waals surface area contributed by atoms with Crippen LogP contribution in [0.2, 0.25) is 0 Å². The zero-order valence-corrected chi connectivity index (χ0v) is 9.30. The van der Waals surface area contributed by atoms with Crippen LogP contribution in [-0.2, 0) is 0 Å². The van der Waals surface area contributed by atoms with Gasteiger partial charge < -0.3 is 5.21 Å². The summed E-state index contributed by atoms with van der Waals surface area (Å²) < 4.78 is 0. The molecule has 0 heterocycles. The lowest BCUT2D eigenvalue weighted by Crippen LogP contribution is -1.78. The molecule has 0 unspecified atom stereocenters. The van der Waals surface area contributed by atoms with Gasteiger partial charge >= 0.3 is 0 Å². The minimum Gasteiger partial charge on any atom is -0.411 e. The predicted molar refractivity (Wildman–Crippen MR) is 69.0 cm³/mol. The van der Waals surface area contributed by atoms with Crippen molar-refractivity contribution in [1.29, 1.82) is 0 Å². The first kappa shape index (κ1) is 12.0. The summed E-state index contributed by atoms with van der Waals surface area (Å²) in [6, 6.07) is 16.7. The summed E-state index contributed by atoms with van der Waals surface area (Å²) >= 11 is 0. The Bertz CT molecular complexity index is 423. The van der Waals surface area contributed by atoms with Gasteiger partial charge in [-0.05, 0) is 23.8 Å². The van der Waals surface area contributed by atoms with Crippen LogP contribution in [0.25, 0.3) is 10.8 Å². The molecular formula is C14H15NO. The normalized spacial score (nSPS) is 10.4. The molecule has 0 fully saturated rings. The van der Waals surface area contributed by atoms with Crippen molar-refractivity contribution in [3.63, 3.8) is 0 Å². The molecule has 0 saturated heterocycles. The first-order valence-corrected chi connectivity index (χ1v) is 5.03. The van der Waals surface area contributed by atoms with Crippen molar-refractivity contribution in [2.24, 2.45) is 5.16 Å². The molecule has 0 aliphatic carbocycles. The summed E-state index contributed by atoms with van der Waals surface area (Å²) in [5.74, 6) is 0. The molecule has 0 aliphatic heterocycles. The minimum atomic E-state index is 0.537. The quantitative estimate of drug-likeness (QED) is 0.435. The van der Waals surface area contributed by atoms with Gasteiger partial charge in [0.25, 0.3) is 0 Å². The second-order valence-corrected chi connectivity index (χ2v) is 3.29. The van der Waals surface area contributed by atoms with Crippen LogP contribution in [0.5, 0.6) is 0 Å². The van der Waals surface area contributed by atoms with Gasteiger partial charge in [0.15, 0.2) is 0 Å². The Labute approximate surface area is 95.5 Å². The maximum Gasteiger partial charge on any atom is 0.0758 e. The average Bonchev–Trinajstić information content (AvgIpc) is 2.38. The van der Waals surface area contributed by atoms with Gasteiger partial charge in [-0.2, -0.15) is 0 Å². The fourth-order valence-electron chi connectivity index (χ4n) is 1.17. The largest absolute Gasteiger partial charge is 0.411 e. The van der Waals surface area contributed by atoms with E-state index in [1.54, 1.807) is 6.92 Å². The highest BCUT2D eigenvalue weighted by Crippen LogP contribution is 2.11. The molecule has 0 aromatic heterocycles. The number of hydrogen-bond acceptors (Lipinski definition) is 2. The maximum absolute atomic E-state index is 7.85. The van der Waals surface area contributed by atoms with E-state index in [1.165, 1.54) is 16.8 Å². The topological polar surface area (TPSA) is 32.6 Å². The van der Waals surface area contributed by atoms with Crippen LogP contribution in [0.4, 0.5) is 0 Å². The van der Waals surface area contributed by atoms with Crippen molar-refractivity contribution in [2.75, 3.05) is 0 Å². The molecule has 0 spiro atoms. The molecular weight excluding hydrogens is 198 g/mol. The third kappa shape index (κ3) is 3.58. The van der Waals surface area contributed by atoms with Crippen LogP contribution in [0, 0.1) is 0 Å². The summed E-state index contributed by atoms with van der Waals surface area (Å²) in [4.78, 5) is 0. The van der Waals surface area contributed by atoms with E-state index in [2.05, 4.69) is 60.3 Å². The van der Waals surface area contributed by atoms with E-state index in [0.717, 1.165) is 0 Å². The van der Waals surface area contributed by atoms with Crippen molar-refractivity contribution < 1.29 is 5.21 Å². The van der Waals surface area contributed by atoms with Gasteiger partial charge in [-0.15, -0.1) is 0 Å². The van der Waals surface area contributed by atoms with Crippen molar-refractivity contribution in [3.05, 3.63) is 61.2 Å². The summed E-state index contributed by atoms with van der Waals surface area (Å²) in [6.45, 7) is 5.00. The number of benzene rings is 2. The molecule has 0 saturated carbocycles. The second-order valence-electron chi connectivity index (χ2n) is 3.29. The number of nitrogens with zero attached hydrogens (tertiary/aromatic N) is 1. The fourth-order valence-corrected chi connectivity index (χ4v) is 1.17. The minimum absolute atomic E-state index is 0.537. The zero-order valence-electron chi connectivity index (χ0n) is 9.30. The smallest absolute Gasteiger partial charge is 0.0758 e.